The second-order valence-electron chi connectivity index (χ2n) is 4.58. The van der Waals surface area contributed by atoms with Gasteiger partial charge in [0.15, 0.2) is 0 Å². The van der Waals surface area contributed by atoms with Gasteiger partial charge in [0.2, 0.25) is 0 Å². The maximum atomic E-state index is 12.6. The summed E-state index contributed by atoms with van der Waals surface area (Å²) in [7, 11) is 1.70. The smallest absolute Gasteiger partial charge is 0.259 e. The average molecular weight is 271 g/mol. The molecule has 0 saturated heterocycles. The first-order valence-electron chi connectivity index (χ1n) is 6.43. The van der Waals surface area contributed by atoms with Gasteiger partial charge in [0.1, 0.15) is 5.75 Å². The molecule has 0 saturated carbocycles. The van der Waals surface area contributed by atoms with E-state index in [1.165, 1.54) is 4.90 Å². The van der Waals surface area contributed by atoms with Crippen LogP contribution in [-0.2, 0) is 6.42 Å². The second kappa shape index (κ2) is 5.69. The molecule has 1 amide bonds. The van der Waals surface area contributed by atoms with Gasteiger partial charge in [0, 0.05) is 12.7 Å². The van der Waals surface area contributed by atoms with Crippen molar-refractivity contribution in [3.05, 3.63) is 47.3 Å². The lowest BCUT2D eigenvalue weighted by Gasteiger charge is -2.18. The van der Waals surface area contributed by atoms with Crippen LogP contribution >= 0.6 is 0 Å². The van der Waals surface area contributed by atoms with Crippen LogP contribution < -0.4 is 4.90 Å². The molecule has 20 heavy (non-hydrogen) atoms. The van der Waals surface area contributed by atoms with E-state index in [0.29, 0.717) is 29.1 Å². The Bertz CT molecular complexity index is 624. The largest absolute Gasteiger partial charge is 0.508 e. The molecule has 0 aliphatic rings. The van der Waals surface area contributed by atoms with Gasteiger partial charge in [-0.15, -0.1) is 0 Å². The van der Waals surface area contributed by atoms with Gasteiger partial charge in [-0.3, -0.25) is 4.79 Å². The number of anilines is 1. The van der Waals surface area contributed by atoms with Crippen LogP contribution in [0.15, 0.2) is 30.3 Å². The molecule has 0 atom stereocenters. The lowest BCUT2D eigenvalue weighted by atomic mass is 10.1. The minimum Gasteiger partial charge on any atom is -0.508 e. The van der Waals surface area contributed by atoms with Crippen molar-refractivity contribution in [1.29, 1.82) is 0 Å². The number of benzene rings is 1. The third-order valence-corrected chi connectivity index (χ3v) is 3.10. The van der Waals surface area contributed by atoms with Gasteiger partial charge >= 0.3 is 0 Å². The molecule has 1 heterocycles. The number of hydrogen-bond donors (Lipinski definition) is 1. The van der Waals surface area contributed by atoms with Gasteiger partial charge in [0.05, 0.1) is 17.0 Å². The minimum atomic E-state index is -0.134. The predicted octanol–water partition coefficient (Wildman–Crippen LogP) is 2.33. The SMILES string of the molecule is CCc1nnc(C)cc1C(=O)N(C)c1ccc(O)cc1. The van der Waals surface area contributed by atoms with Crippen molar-refractivity contribution in [2.24, 2.45) is 0 Å². The number of hydrogen-bond acceptors (Lipinski definition) is 4. The maximum Gasteiger partial charge on any atom is 0.259 e. The first-order valence-corrected chi connectivity index (χ1v) is 6.43. The summed E-state index contributed by atoms with van der Waals surface area (Å²) in [6.45, 7) is 3.75. The van der Waals surface area contributed by atoms with Crippen LogP contribution in [0.25, 0.3) is 0 Å². The highest BCUT2D eigenvalue weighted by molar-refractivity contribution is 6.06. The van der Waals surface area contributed by atoms with Crippen LogP contribution in [0.5, 0.6) is 5.75 Å². The lowest BCUT2D eigenvalue weighted by molar-refractivity contribution is 0.0991. The number of phenols is 1. The fourth-order valence-corrected chi connectivity index (χ4v) is 1.93. The molecule has 0 aliphatic carbocycles. The summed E-state index contributed by atoms with van der Waals surface area (Å²) in [5.74, 6) is 0.0378. The van der Waals surface area contributed by atoms with Crippen molar-refractivity contribution in [2.75, 3.05) is 11.9 Å². The van der Waals surface area contributed by atoms with Crippen LogP contribution in [0, 0.1) is 6.92 Å². The zero-order chi connectivity index (χ0) is 14.7. The van der Waals surface area contributed by atoms with Crippen molar-refractivity contribution in [3.63, 3.8) is 0 Å². The maximum absolute atomic E-state index is 12.6. The summed E-state index contributed by atoms with van der Waals surface area (Å²) < 4.78 is 0. The predicted molar refractivity (Wildman–Crippen MR) is 77.0 cm³/mol. The second-order valence-corrected chi connectivity index (χ2v) is 4.58. The van der Waals surface area contributed by atoms with Crippen LogP contribution in [0.3, 0.4) is 0 Å². The summed E-state index contributed by atoms with van der Waals surface area (Å²) >= 11 is 0. The summed E-state index contributed by atoms with van der Waals surface area (Å²) in [4.78, 5) is 14.1. The van der Waals surface area contributed by atoms with Crippen molar-refractivity contribution in [2.45, 2.75) is 20.3 Å². The Morgan fingerprint density at radius 2 is 1.90 bits per heavy atom. The van der Waals surface area contributed by atoms with Crippen molar-refractivity contribution in [1.82, 2.24) is 10.2 Å². The number of nitrogens with zero attached hydrogens (tertiary/aromatic N) is 3. The van der Waals surface area contributed by atoms with Crippen molar-refractivity contribution < 1.29 is 9.90 Å². The number of aryl methyl sites for hydroxylation is 2. The van der Waals surface area contributed by atoms with E-state index in [-0.39, 0.29) is 11.7 Å². The number of carbonyl (C=O) groups excluding carboxylic acids is 1. The molecule has 2 rings (SSSR count). The molecule has 1 aromatic carbocycles. The van der Waals surface area contributed by atoms with E-state index in [1.54, 1.807) is 37.4 Å². The van der Waals surface area contributed by atoms with Gasteiger partial charge in [0.25, 0.3) is 5.91 Å². The van der Waals surface area contributed by atoms with Gasteiger partial charge in [-0.25, -0.2) is 0 Å². The Morgan fingerprint density at radius 1 is 1.25 bits per heavy atom. The lowest BCUT2D eigenvalue weighted by Crippen LogP contribution is -2.27. The number of phenolic OH excluding ortho intramolecular Hbond substituents is 1. The molecule has 0 spiro atoms. The Morgan fingerprint density at radius 3 is 2.50 bits per heavy atom. The highest BCUT2D eigenvalue weighted by atomic mass is 16.3. The summed E-state index contributed by atoms with van der Waals surface area (Å²) in [6.07, 6.45) is 0.651. The summed E-state index contributed by atoms with van der Waals surface area (Å²) in [5.41, 5.74) is 2.68. The van der Waals surface area contributed by atoms with E-state index in [1.807, 2.05) is 13.8 Å². The zero-order valence-corrected chi connectivity index (χ0v) is 11.8. The number of carbonyl (C=O) groups is 1. The van der Waals surface area contributed by atoms with Crippen LogP contribution in [0.2, 0.25) is 0 Å². The molecular weight excluding hydrogens is 254 g/mol. The monoisotopic (exact) mass is 271 g/mol. The zero-order valence-electron chi connectivity index (χ0n) is 11.8. The molecule has 2 aromatic rings. The van der Waals surface area contributed by atoms with E-state index in [4.69, 9.17) is 0 Å². The highest BCUT2D eigenvalue weighted by Crippen LogP contribution is 2.20. The minimum absolute atomic E-state index is 0.134. The molecule has 5 heteroatoms. The van der Waals surface area contributed by atoms with Crippen molar-refractivity contribution >= 4 is 11.6 Å². The third kappa shape index (κ3) is 2.77. The third-order valence-electron chi connectivity index (χ3n) is 3.10. The molecule has 0 aliphatic heterocycles. The molecule has 5 nitrogen and oxygen atoms in total. The first-order chi connectivity index (χ1) is 9.52. The van der Waals surface area contributed by atoms with Crippen LogP contribution in [-0.4, -0.2) is 28.3 Å². The fraction of sp³-hybridized carbons (Fsp3) is 0.267. The molecule has 0 fully saturated rings. The molecule has 0 unspecified atom stereocenters. The van der Waals surface area contributed by atoms with Crippen molar-refractivity contribution in [3.8, 4) is 5.75 Å². The standard InChI is InChI=1S/C15H17N3O2/c1-4-14-13(9-10(2)16-17-14)15(20)18(3)11-5-7-12(19)8-6-11/h5-9,19H,4H2,1-3H3. The number of rotatable bonds is 3. The molecular formula is C15H17N3O2. The number of aromatic hydroxyl groups is 1. The highest BCUT2D eigenvalue weighted by Gasteiger charge is 2.18. The Labute approximate surface area is 117 Å². The van der Waals surface area contributed by atoms with Crippen LogP contribution in [0.4, 0.5) is 5.69 Å². The van der Waals surface area contributed by atoms with Crippen LogP contribution in [0.1, 0.15) is 28.7 Å². The van der Waals surface area contributed by atoms with Gasteiger partial charge in [-0.2, -0.15) is 10.2 Å². The van der Waals surface area contributed by atoms with E-state index >= 15 is 0 Å². The van der Waals surface area contributed by atoms with Gasteiger partial charge < -0.3 is 10.0 Å². The molecule has 1 aromatic heterocycles. The van der Waals surface area contributed by atoms with Gasteiger partial charge in [-0.1, -0.05) is 6.92 Å². The quantitative estimate of drug-likeness (QED) is 0.930. The fourth-order valence-electron chi connectivity index (χ4n) is 1.93. The molecule has 1 N–H and O–H groups in total. The normalized spacial score (nSPS) is 10.3. The summed E-state index contributed by atoms with van der Waals surface area (Å²) in [5, 5.41) is 17.3. The Hall–Kier alpha value is -2.43. The average Bonchev–Trinajstić information content (AvgIpc) is 2.46. The topological polar surface area (TPSA) is 66.3 Å². The first kappa shape index (κ1) is 14.0. The Balaban J connectivity index is 2.35. The van der Waals surface area contributed by atoms with E-state index < -0.39 is 0 Å². The number of aromatic nitrogens is 2. The number of amides is 1. The van der Waals surface area contributed by atoms with E-state index in [2.05, 4.69) is 10.2 Å². The van der Waals surface area contributed by atoms with Gasteiger partial charge in [-0.05, 0) is 43.7 Å². The van der Waals surface area contributed by atoms with E-state index in [9.17, 15) is 9.90 Å². The Kier molecular flexibility index (Phi) is 3.98. The molecule has 0 bridgehead atoms. The summed E-state index contributed by atoms with van der Waals surface area (Å²) in [6, 6.07) is 8.25. The van der Waals surface area contributed by atoms with E-state index in [0.717, 1.165) is 0 Å². The molecule has 0 radical (unpaired) electrons. The molecule has 104 valence electrons.